The monoisotopic (exact) mass is 338 g/mol. The van der Waals surface area contributed by atoms with Crippen LogP contribution in [0.4, 0.5) is 0 Å². The number of fused-ring (bicyclic) bond motifs is 1. The molecule has 0 aliphatic heterocycles. The van der Waals surface area contributed by atoms with Crippen LogP contribution in [0.25, 0.3) is 22.0 Å². The highest BCUT2D eigenvalue weighted by Crippen LogP contribution is 2.37. The van der Waals surface area contributed by atoms with Crippen LogP contribution in [-0.2, 0) is 11.3 Å². The molecule has 2 heterocycles. The molecule has 2 aromatic heterocycles. The average Bonchev–Trinajstić information content (AvgIpc) is 2.85. The standard InChI is InChI=1S/C20H22N2O3/c1-5-22-13(2)18(14-8-10-21-11-9-14)16-12-15(6-7-17(16)22)25-20(3,4)19(23)24/h6-12H,5H2,1-4H3,(H,23,24). The first-order valence-corrected chi connectivity index (χ1v) is 8.30. The number of hydrogen-bond donors (Lipinski definition) is 1. The lowest BCUT2D eigenvalue weighted by Crippen LogP contribution is -2.37. The van der Waals surface area contributed by atoms with Crippen molar-refractivity contribution in [2.45, 2.75) is 39.8 Å². The fourth-order valence-electron chi connectivity index (χ4n) is 3.15. The topological polar surface area (TPSA) is 64.4 Å². The molecule has 0 amide bonds. The van der Waals surface area contributed by atoms with Gasteiger partial charge in [0.05, 0.1) is 0 Å². The van der Waals surface area contributed by atoms with Crippen molar-refractivity contribution in [1.29, 1.82) is 0 Å². The minimum Gasteiger partial charge on any atom is -0.478 e. The number of nitrogens with zero attached hydrogens (tertiary/aromatic N) is 2. The smallest absolute Gasteiger partial charge is 0.347 e. The summed E-state index contributed by atoms with van der Waals surface area (Å²) in [4.78, 5) is 15.4. The zero-order chi connectivity index (χ0) is 18.2. The number of benzene rings is 1. The Bertz CT molecular complexity index is 927. The van der Waals surface area contributed by atoms with Gasteiger partial charge in [-0.2, -0.15) is 0 Å². The molecule has 0 bridgehead atoms. The number of aryl methyl sites for hydroxylation is 1. The summed E-state index contributed by atoms with van der Waals surface area (Å²) in [5.74, 6) is -0.451. The quantitative estimate of drug-likeness (QED) is 0.754. The highest BCUT2D eigenvalue weighted by molar-refractivity contribution is 5.98. The highest BCUT2D eigenvalue weighted by atomic mass is 16.5. The lowest BCUT2D eigenvalue weighted by atomic mass is 10.0. The SMILES string of the molecule is CCn1c(C)c(-c2ccncc2)c2cc(OC(C)(C)C(=O)O)ccc21. The van der Waals surface area contributed by atoms with Gasteiger partial charge >= 0.3 is 5.97 Å². The molecule has 0 saturated heterocycles. The third-order valence-electron chi connectivity index (χ3n) is 4.47. The van der Waals surface area contributed by atoms with Crippen LogP contribution < -0.4 is 4.74 Å². The predicted molar refractivity (Wildman–Crippen MR) is 97.9 cm³/mol. The van der Waals surface area contributed by atoms with E-state index in [0.29, 0.717) is 5.75 Å². The van der Waals surface area contributed by atoms with E-state index in [1.54, 1.807) is 26.2 Å². The molecule has 130 valence electrons. The van der Waals surface area contributed by atoms with Gasteiger partial charge in [-0.25, -0.2) is 4.79 Å². The van der Waals surface area contributed by atoms with Crippen molar-refractivity contribution in [2.75, 3.05) is 0 Å². The Morgan fingerprint density at radius 2 is 1.92 bits per heavy atom. The van der Waals surface area contributed by atoms with Gasteiger partial charge in [-0.1, -0.05) is 0 Å². The van der Waals surface area contributed by atoms with E-state index in [4.69, 9.17) is 4.74 Å². The van der Waals surface area contributed by atoms with Crippen LogP contribution >= 0.6 is 0 Å². The molecule has 0 radical (unpaired) electrons. The van der Waals surface area contributed by atoms with Crippen molar-refractivity contribution in [3.63, 3.8) is 0 Å². The molecule has 0 unspecified atom stereocenters. The third kappa shape index (κ3) is 2.97. The Labute approximate surface area is 146 Å². The molecule has 0 spiro atoms. The van der Waals surface area contributed by atoms with E-state index in [9.17, 15) is 9.90 Å². The number of pyridine rings is 1. The summed E-state index contributed by atoms with van der Waals surface area (Å²) in [7, 11) is 0. The van der Waals surface area contributed by atoms with E-state index in [1.165, 1.54) is 5.69 Å². The summed E-state index contributed by atoms with van der Waals surface area (Å²) in [6.45, 7) is 8.16. The summed E-state index contributed by atoms with van der Waals surface area (Å²) >= 11 is 0. The number of aromatic nitrogens is 2. The van der Waals surface area contributed by atoms with Crippen LogP contribution in [0.2, 0.25) is 0 Å². The zero-order valence-electron chi connectivity index (χ0n) is 14.9. The van der Waals surface area contributed by atoms with Crippen LogP contribution in [0.15, 0.2) is 42.7 Å². The molecular formula is C20H22N2O3. The van der Waals surface area contributed by atoms with Gasteiger partial charge in [0.15, 0.2) is 5.60 Å². The van der Waals surface area contributed by atoms with Gasteiger partial charge in [0.2, 0.25) is 0 Å². The molecule has 0 atom stereocenters. The second-order valence-electron chi connectivity index (χ2n) is 6.54. The second kappa shape index (κ2) is 6.24. The molecule has 0 aliphatic rings. The van der Waals surface area contributed by atoms with Crippen molar-refractivity contribution in [1.82, 2.24) is 9.55 Å². The van der Waals surface area contributed by atoms with E-state index in [-0.39, 0.29) is 0 Å². The number of carboxylic acids is 1. The van der Waals surface area contributed by atoms with Gasteiger partial charge in [0.25, 0.3) is 0 Å². The van der Waals surface area contributed by atoms with Crippen LogP contribution in [0.1, 0.15) is 26.5 Å². The minimum absolute atomic E-state index is 0.545. The van der Waals surface area contributed by atoms with E-state index in [0.717, 1.165) is 28.6 Å². The Morgan fingerprint density at radius 1 is 1.24 bits per heavy atom. The molecule has 1 aromatic carbocycles. The Morgan fingerprint density at radius 3 is 2.52 bits per heavy atom. The summed E-state index contributed by atoms with van der Waals surface area (Å²) in [6.07, 6.45) is 3.55. The lowest BCUT2D eigenvalue weighted by Gasteiger charge is -2.21. The van der Waals surface area contributed by atoms with E-state index in [2.05, 4.69) is 23.4 Å². The maximum atomic E-state index is 11.3. The van der Waals surface area contributed by atoms with Gasteiger partial charge in [0, 0.05) is 41.1 Å². The van der Waals surface area contributed by atoms with Crippen molar-refractivity contribution in [2.24, 2.45) is 0 Å². The zero-order valence-corrected chi connectivity index (χ0v) is 14.9. The highest BCUT2D eigenvalue weighted by Gasteiger charge is 2.29. The number of carbonyl (C=O) groups is 1. The van der Waals surface area contributed by atoms with Crippen molar-refractivity contribution < 1.29 is 14.6 Å². The summed E-state index contributed by atoms with van der Waals surface area (Å²) in [5.41, 5.74) is 3.19. The molecule has 3 rings (SSSR count). The fourth-order valence-corrected chi connectivity index (χ4v) is 3.15. The largest absolute Gasteiger partial charge is 0.478 e. The number of ether oxygens (including phenoxy) is 1. The van der Waals surface area contributed by atoms with Gasteiger partial charge in [-0.15, -0.1) is 0 Å². The summed E-state index contributed by atoms with van der Waals surface area (Å²) in [6, 6.07) is 9.71. The second-order valence-corrected chi connectivity index (χ2v) is 6.54. The van der Waals surface area contributed by atoms with E-state index >= 15 is 0 Å². The summed E-state index contributed by atoms with van der Waals surface area (Å²) < 4.78 is 7.97. The van der Waals surface area contributed by atoms with Gasteiger partial charge in [0.1, 0.15) is 5.75 Å². The number of carboxylic acid groups (broad SMARTS) is 1. The summed E-state index contributed by atoms with van der Waals surface area (Å²) in [5, 5.41) is 10.3. The Kier molecular flexibility index (Phi) is 4.25. The first-order valence-electron chi connectivity index (χ1n) is 8.30. The first-order chi connectivity index (χ1) is 11.8. The van der Waals surface area contributed by atoms with Crippen LogP contribution in [0.3, 0.4) is 0 Å². The molecule has 5 heteroatoms. The van der Waals surface area contributed by atoms with E-state index < -0.39 is 11.6 Å². The third-order valence-corrected chi connectivity index (χ3v) is 4.47. The normalized spacial score (nSPS) is 11.7. The molecule has 0 aliphatic carbocycles. The predicted octanol–water partition coefficient (Wildman–Crippen LogP) is 4.27. The van der Waals surface area contributed by atoms with Crippen LogP contribution in [0.5, 0.6) is 5.75 Å². The number of aliphatic carboxylic acids is 1. The van der Waals surface area contributed by atoms with Gasteiger partial charge in [-0.3, -0.25) is 4.98 Å². The van der Waals surface area contributed by atoms with Crippen molar-refractivity contribution in [3.8, 4) is 16.9 Å². The van der Waals surface area contributed by atoms with Crippen LogP contribution in [-0.4, -0.2) is 26.2 Å². The molecule has 3 aromatic rings. The molecule has 25 heavy (non-hydrogen) atoms. The van der Waals surface area contributed by atoms with Gasteiger partial charge < -0.3 is 14.4 Å². The van der Waals surface area contributed by atoms with Crippen LogP contribution in [0, 0.1) is 6.92 Å². The van der Waals surface area contributed by atoms with Gasteiger partial charge in [-0.05, 0) is 63.6 Å². The average molecular weight is 338 g/mol. The number of hydrogen-bond acceptors (Lipinski definition) is 3. The minimum atomic E-state index is -1.28. The van der Waals surface area contributed by atoms with Crippen molar-refractivity contribution >= 4 is 16.9 Å². The lowest BCUT2D eigenvalue weighted by molar-refractivity contribution is -0.152. The first kappa shape index (κ1) is 17.0. The molecule has 5 nitrogen and oxygen atoms in total. The molecule has 0 saturated carbocycles. The maximum absolute atomic E-state index is 11.3. The van der Waals surface area contributed by atoms with Crippen molar-refractivity contribution in [3.05, 3.63) is 48.4 Å². The van der Waals surface area contributed by atoms with E-state index in [1.807, 2.05) is 30.3 Å². The molecule has 1 N–H and O–H groups in total. The maximum Gasteiger partial charge on any atom is 0.347 e. The Hall–Kier alpha value is -2.82. The fraction of sp³-hybridized carbons (Fsp3) is 0.300. The number of rotatable bonds is 5. The molecular weight excluding hydrogens is 316 g/mol. The molecule has 0 fully saturated rings. The Balaban J connectivity index is 2.20.